The van der Waals surface area contributed by atoms with Crippen LogP contribution in [-0.4, -0.2) is 9.96 Å². The minimum atomic E-state index is -1.03. The summed E-state index contributed by atoms with van der Waals surface area (Å²) in [4.78, 5) is 0.703. The van der Waals surface area contributed by atoms with Crippen LogP contribution < -0.4 is 5.73 Å². The second-order valence-corrected chi connectivity index (χ2v) is 4.74. The molecule has 1 atom stereocenters. The van der Waals surface area contributed by atoms with Gasteiger partial charge in [-0.05, 0) is 25.0 Å². The van der Waals surface area contributed by atoms with Crippen molar-refractivity contribution in [2.24, 2.45) is 0 Å². The summed E-state index contributed by atoms with van der Waals surface area (Å²) < 4.78 is 11.8. The van der Waals surface area contributed by atoms with Crippen molar-refractivity contribution in [1.82, 2.24) is 0 Å². The highest BCUT2D eigenvalue weighted by molar-refractivity contribution is 7.85. The lowest BCUT2D eigenvalue weighted by molar-refractivity contribution is 0.678. The number of rotatable bonds is 5. The molecule has 3 nitrogen and oxygen atoms in total. The third-order valence-electron chi connectivity index (χ3n) is 2.03. The van der Waals surface area contributed by atoms with E-state index < -0.39 is 10.8 Å². The summed E-state index contributed by atoms with van der Waals surface area (Å²) in [6.45, 7) is 0. The van der Waals surface area contributed by atoms with E-state index in [9.17, 15) is 4.21 Å². The van der Waals surface area contributed by atoms with Crippen molar-refractivity contribution in [1.29, 1.82) is 5.26 Å². The second kappa shape index (κ2) is 6.20. The van der Waals surface area contributed by atoms with Crippen molar-refractivity contribution in [3.05, 3.63) is 24.3 Å². The van der Waals surface area contributed by atoms with E-state index in [2.05, 4.69) is 6.07 Å². The number of nitrogens with zero attached hydrogens (tertiary/aromatic N) is 1. The average molecular weight is 222 g/mol. The first-order valence-corrected chi connectivity index (χ1v) is 6.17. The zero-order valence-corrected chi connectivity index (χ0v) is 9.30. The molecule has 0 bridgehead atoms. The normalized spacial score (nSPS) is 11.9. The topological polar surface area (TPSA) is 66.9 Å². The molecule has 4 heteroatoms. The molecule has 0 saturated carbocycles. The van der Waals surface area contributed by atoms with E-state index in [1.807, 2.05) is 12.1 Å². The van der Waals surface area contributed by atoms with Crippen LogP contribution in [0, 0.1) is 11.3 Å². The molecule has 1 rings (SSSR count). The van der Waals surface area contributed by atoms with Crippen molar-refractivity contribution in [3.8, 4) is 6.07 Å². The molecular weight excluding hydrogens is 208 g/mol. The summed E-state index contributed by atoms with van der Waals surface area (Å²) in [5.74, 6) is 0.579. The molecule has 0 aliphatic carbocycles. The van der Waals surface area contributed by atoms with Gasteiger partial charge < -0.3 is 5.73 Å². The molecule has 15 heavy (non-hydrogen) atoms. The van der Waals surface area contributed by atoms with Crippen molar-refractivity contribution < 1.29 is 4.21 Å². The molecule has 0 heterocycles. The number of anilines is 1. The van der Waals surface area contributed by atoms with Crippen LogP contribution >= 0.6 is 0 Å². The third kappa shape index (κ3) is 3.72. The Bertz CT molecular complexity index is 384. The van der Waals surface area contributed by atoms with Gasteiger partial charge in [0.1, 0.15) is 0 Å². The van der Waals surface area contributed by atoms with Crippen LogP contribution in [0.5, 0.6) is 0 Å². The molecule has 1 aromatic rings. The van der Waals surface area contributed by atoms with E-state index in [4.69, 9.17) is 11.0 Å². The van der Waals surface area contributed by atoms with Crippen LogP contribution in [0.2, 0.25) is 0 Å². The number of hydrogen-bond acceptors (Lipinski definition) is 3. The molecule has 1 aromatic carbocycles. The second-order valence-electron chi connectivity index (χ2n) is 3.20. The van der Waals surface area contributed by atoms with Crippen LogP contribution in [-0.2, 0) is 10.8 Å². The number of hydrogen-bond donors (Lipinski definition) is 1. The molecule has 0 spiro atoms. The van der Waals surface area contributed by atoms with E-state index in [1.165, 1.54) is 0 Å². The number of para-hydroxylation sites is 1. The number of nitrogens with two attached hydrogens (primary N) is 1. The Kier molecular flexibility index (Phi) is 4.85. The van der Waals surface area contributed by atoms with Gasteiger partial charge in [0.15, 0.2) is 0 Å². The predicted molar refractivity (Wildman–Crippen MR) is 61.6 cm³/mol. The van der Waals surface area contributed by atoms with Crippen LogP contribution in [0.3, 0.4) is 0 Å². The van der Waals surface area contributed by atoms with Gasteiger partial charge in [-0.25, -0.2) is 0 Å². The number of unbranched alkanes of at least 4 members (excludes halogenated alkanes) is 2. The van der Waals surface area contributed by atoms with Gasteiger partial charge in [0.25, 0.3) is 0 Å². The maximum Gasteiger partial charge on any atom is 0.0621 e. The first kappa shape index (κ1) is 11.7. The molecule has 0 saturated heterocycles. The Morgan fingerprint density at radius 1 is 1.33 bits per heavy atom. The van der Waals surface area contributed by atoms with Crippen molar-refractivity contribution in [2.75, 3.05) is 11.5 Å². The Balaban J connectivity index is 2.48. The Morgan fingerprint density at radius 3 is 2.73 bits per heavy atom. The van der Waals surface area contributed by atoms with E-state index in [-0.39, 0.29) is 0 Å². The molecule has 0 fully saturated rings. The van der Waals surface area contributed by atoms with E-state index >= 15 is 0 Å². The number of nitriles is 1. The zero-order valence-electron chi connectivity index (χ0n) is 8.48. The SMILES string of the molecule is N#CCCCCS(=O)c1ccccc1N. The average Bonchev–Trinajstić information content (AvgIpc) is 2.25. The summed E-state index contributed by atoms with van der Waals surface area (Å²) in [6.07, 6.45) is 2.13. The molecule has 2 N–H and O–H groups in total. The molecule has 0 aromatic heterocycles. The van der Waals surface area contributed by atoms with Gasteiger partial charge in [-0.15, -0.1) is 0 Å². The number of benzene rings is 1. The van der Waals surface area contributed by atoms with Gasteiger partial charge >= 0.3 is 0 Å². The fourth-order valence-electron chi connectivity index (χ4n) is 1.24. The summed E-state index contributed by atoms with van der Waals surface area (Å²) in [5.41, 5.74) is 6.29. The summed E-state index contributed by atoms with van der Waals surface area (Å²) in [5, 5.41) is 8.35. The standard InChI is InChI=1S/C11H14N2OS/c12-8-4-1-5-9-15(14)11-7-3-2-6-10(11)13/h2-3,6-7H,1,4-5,9,13H2. The van der Waals surface area contributed by atoms with Gasteiger partial charge in [0.2, 0.25) is 0 Å². The highest BCUT2D eigenvalue weighted by Gasteiger charge is 2.06. The van der Waals surface area contributed by atoms with Crippen LogP contribution in [0.4, 0.5) is 5.69 Å². The van der Waals surface area contributed by atoms with Crippen molar-refractivity contribution in [3.63, 3.8) is 0 Å². The first-order chi connectivity index (χ1) is 7.25. The van der Waals surface area contributed by atoms with Gasteiger partial charge in [0.05, 0.1) is 21.8 Å². The summed E-state index contributed by atoms with van der Waals surface area (Å²) >= 11 is 0. The Morgan fingerprint density at radius 2 is 2.07 bits per heavy atom. The maximum atomic E-state index is 11.8. The summed E-state index contributed by atoms with van der Waals surface area (Å²) in [6, 6.07) is 9.27. The van der Waals surface area contributed by atoms with Gasteiger partial charge in [-0.2, -0.15) is 5.26 Å². The molecule has 1 unspecified atom stereocenters. The van der Waals surface area contributed by atoms with E-state index in [0.29, 0.717) is 22.8 Å². The van der Waals surface area contributed by atoms with Crippen LogP contribution in [0.1, 0.15) is 19.3 Å². The Hall–Kier alpha value is -1.34. The van der Waals surface area contributed by atoms with Crippen LogP contribution in [0.25, 0.3) is 0 Å². The molecule has 0 radical (unpaired) electrons. The summed E-state index contributed by atoms with van der Waals surface area (Å²) in [7, 11) is -1.03. The van der Waals surface area contributed by atoms with Gasteiger partial charge in [-0.3, -0.25) is 4.21 Å². The van der Waals surface area contributed by atoms with Gasteiger partial charge in [-0.1, -0.05) is 12.1 Å². The van der Waals surface area contributed by atoms with Crippen molar-refractivity contribution >= 4 is 16.5 Å². The largest absolute Gasteiger partial charge is 0.398 e. The molecule has 80 valence electrons. The van der Waals surface area contributed by atoms with E-state index in [0.717, 1.165) is 12.8 Å². The fourth-order valence-corrected chi connectivity index (χ4v) is 2.48. The molecule has 0 aliphatic heterocycles. The molecule has 0 aliphatic rings. The van der Waals surface area contributed by atoms with Crippen LogP contribution in [0.15, 0.2) is 29.2 Å². The molecule has 0 amide bonds. The monoisotopic (exact) mass is 222 g/mol. The third-order valence-corrected chi connectivity index (χ3v) is 3.55. The quantitative estimate of drug-likeness (QED) is 0.612. The first-order valence-electron chi connectivity index (χ1n) is 4.85. The highest BCUT2D eigenvalue weighted by atomic mass is 32.2. The highest BCUT2D eigenvalue weighted by Crippen LogP contribution is 2.16. The minimum Gasteiger partial charge on any atom is -0.398 e. The smallest absolute Gasteiger partial charge is 0.0621 e. The Labute approximate surface area is 92.4 Å². The lowest BCUT2D eigenvalue weighted by atomic mass is 10.3. The van der Waals surface area contributed by atoms with Crippen molar-refractivity contribution in [2.45, 2.75) is 24.2 Å². The maximum absolute atomic E-state index is 11.8. The molecular formula is C11H14N2OS. The lowest BCUT2D eigenvalue weighted by Crippen LogP contribution is -2.01. The zero-order chi connectivity index (χ0) is 11.1. The van der Waals surface area contributed by atoms with E-state index in [1.54, 1.807) is 12.1 Å². The lowest BCUT2D eigenvalue weighted by Gasteiger charge is -2.04. The van der Waals surface area contributed by atoms with Gasteiger partial charge in [0, 0.05) is 17.9 Å². The number of nitrogen functional groups attached to an aromatic ring is 1. The predicted octanol–water partition coefficient (Wildman–Crippen LogP) is 2.07. The fraction of sp³-hybridized carbons (Fsp3) is 0.364. The minimum absolute atomic E-state index is 0.529.